The van der Waals surface area contributed by atoms with Crippen molar-refractivity contribution in [1.29, 1.82) is 0 Å². The fourth-order valence-electron chi connectivity index (χ4n) is 5.85. The van der Waals surface area contributed by atoms with Gasteiger partial charge >= 0.3 is 0 Å². The third-order valence-electron chi connectivity index (χ3n) is 7.16. The second-order valence-electron chi connectivity index (χ2n) is 11.9. The van der Waals surface area contributed by atoms with Crippen LogP contribution in [0.25, 0.3) is 0 Å². The predicted molar refractivity (Wildman–Crippen MR) is 122 cm³/mol. The third-order valence-corrected chi connectivity index (χ3v) is 8.86. The van der Waals surface area contributed by atoms with E-state index in [9.17, 15) is 0 Å². The standard InChI is InChI=1S/C24H38O10S/c1-21(2)25-9-11(29-21)13-17(15-19(27-13)33-23(5,6)31-15)35-18-14(12-10-26-22(3,4)30-12)28-20-16(18)32-24(7,8)34-20/h11-20H,9-10H2,1-8H3/t11-,12-,13-,14-,15-,16-,17+,18+,19-,20-/m1/s1. The SMILES string of the molecule is CC1(C)O[C@H]2O[C@H]([C@H]3COC(C)(C)O3)[C@H](S[C@@H]3[C@H]4OC(C)(C)O[C@H]4O[C@@H]3[C@H]3COC(C)(C)O3)[C@H]2O1. The first-order valence-electron chi connectivity index (χ1n) is 12.5. The van der Waals surface area contributed by atoms with Crippen LogP contribution < -0.4 is 0 Å². The fourth-order valence-corrected chi connectivity index (χ4v) is 7.68. The van der Waals surface area contributed by atoms with Gasteiger partial charge in [-0.2, -0.15) is 0 Å². The molecule has 6 rings (SSSR count). The number of fused-ring (bicyclic) bond motifs is 2. The van der Waals surface area contributed by atoms with Crippen molar-refractivity contribution in [3.63, 3.8) is 0 Å². The molecule has 0 spiro atoms. The highest BCUT2D eigenvalue weighted by Gasteiger charge is 2.63. The van der Waals surface area contributed by atoms with Crippen molar-refractivity contribution in [2.24, 2.45) is 0 Å². The van der Waals surface area contributed by atoms with Gasteiger partial charge in [-0.1, -0.05) is 0 Å². The molecule has 0 aromatic rings. The number of hydrogen-bond donors (Lipinski definition) is 0. The van der Waals surface area contributed by atoms with E-state index in [1.165, 1.54) is 0 Å². The van der Waals surface area contributed by atoms with Crippen LogP contribution in [0.2, 0.25) is 0 Å². The molecule has 35 heavy (non-hydrogen) atoms. The van der Waals surface area contributed by atoms with Gasteiger partial charge in [0.05, 0.1) is 23.7 Å². The first-order valence-corrected chi connectivity index (χ1v) is 13.5. The summed E-state index contributed by atoms with van der Waals surface area (Å²) in [7, 11) is 0. The van der Waals surface area contributed by atoms with Crippen LogP contribution in [0, 0.1) is 0 Å². The van der Waals surface area contributed by atoms with E-state index in [1.807, 2.05) is 55.4 Å². The topological polar surface area (TPSA) is 92.3 Å². The van der Waals surface area contributed by atoms with Crippen LogP contribution in [-0.2, 0) is 47.4 Å². The Hall–Kier alpha value is -0.0500. The Labute approximate surface area is 210 Å². The van der Waals surface area contributed by atoms with E-state index in [0.29, 0.717) is 13.2 Å². The molecular formula is C24H38O10S. The molecule has 6 aliphatic heterocycles. The molecule has 0 aromatic heterocycles. The molecule has 200 valence electrons. The zero-order chi connectivity index (χ0) is 25.0. The normalized spacial score (nSPS) is 51.1. The molecular weight excluding hydrogens is 480 g/mol. The zero-order valence-electron chi connectivity index (χ0n) is 21.7. The maximum absolute atomic E-state index is 6.43. The zero-order valence-corrected chi connectivity index (χ0v) is 22.5. The van der Waals surface area contributed by atoms with E-state index in [2.05, 4.69) is 0 Å². The summed E-state index contributed by atoms with van der Waals surface area (Å²) in [4.78, 5) is 0. The molecule has 6 aliphatic rings. The number of hydrogen-bond acceptors (Lipinski definition) is 11. The molecule has 0 radical (unpaired) electrons. The quantitative estimate of drug-likeness (QED) is 0.550. The van der Waals surface area contributed by atoms with E-state index < -0.39 is 35.7 Å². The highest BCUT2D eigenvalue weighted by Crippen LogP contribution is 2.51. The molecule has 0 unspecified atom stereocenters. The van der Waals surface area contributed by atoms with Gasteiger partial charge in [-0.05, 0) is 55.4 Å². The fraction of sp³-hybridized carbons (Fsp3) is 1.00. The Balaban J connectivity index is 1.28. The Bertz CT molecular complexity index is 767. The summed E-state index contributed by atoms with van der Waals surface area (Å²) in [6.07, 6.45) is -2.61. The molecule has 0 N–H and O–H groups in total. The average molecular weight is 519 g/mol. The van der Waals surface area contributed by atoms with Crippen molar-refractivity contribution in [3.05, 3.63) is 0 Å². The van der Waals surface area contributed by atoms with E-state index >= 15 is 0 Å². The average Bonchev–Trinajstić information content (AvgIpc) is 3.50. The van der Waals surface area contributed by atoms with Crippen LogP contribution >= 0.6 is 11.8 Å². The molecule has 0 bridgehead atoms. The van der Waals surface area contributed by atoms with E-state index in [1.54, 1.807) is 11.8 Å². The van der Waals surface area contributed by atoms with Crippen LogP contribution in [0.4, 0.5) is 0 Å². The van der Waals surface area contributed by atoms with E-state index in [-0.39, 0.29) is 47.1 Å². The number of thioether (sulfide) groups is 1. The minimum Gasteiger partial charge on any atom is -0.348 e. The van der Waals surface area contributed by atoms with Crippen molar-refractivity contribution in [2.75, 3.05) is 13.2 Å². The van der Waals surface area contributed by atoms with Crippen LogP contribution in [-0.4, -0.2) is 96.1 Å². The van der Waals surface area contributed by atoms with E-state index in [0.717, 1.165) is 0 Å². The van der Waals surface area contributed by atoms with Crippen molar-refractivity contribution in [1.82, 2.24) is 0 Å². The number of ether oxygens (including phenoxy) is 10. The third kappa shape index (κ3) is 4.69. The molecule has 6 heterocycles. The van der Waals surface area contributed by atoms with Crippen molar-refractivity contribution < 1.29 is 47.4 Å². The molecule has 0 aromatic carbocycles. The summed E-state index contributed by atoms with van der Waals surface area (Å²) in [5.41, 5.74) is 0. The minimum atomic E-state index is -0.735. The molecule has 0 amide bonds. The summed E-state index contributed by atoms with van der Waals surface area (Å²) in [6.45, 7) is 16.2. The van der Waals surface area contributed by atoms with Crippen LogP contribution in [0.1, 0.15) is 55.4 Å². The van der Waals surface area contributed by atoms with Crippen LogP contribution in [0.15, 0.2) is 0 Å². The summed E-state index contributed by atoms with van der Waals surface area (Å²) in [5, 5.41) is -0.219. The minimum absolute atomic E-state index is 0.109. The van der Waals surface area contributed by atoms with Gasteiger partial charge in [0, 0.05) is 0 Å². The van der Waals surface area contributed by atoms with Gasteiger partial charge in [0.25, 0.3) is 0 Å². The first-order chi connectivity index (χ1) is 16.2. The highest BCUT2D eigenvalue weighted by molar-refractivity contribution is 8.00. The first kappa shape index (κ1) is 25.2. The highest BCUT2D eigenvalue weighted by atomic mass is 32.2. The largest absolute Gasteiger partial charge is 0.348 e. The summed E-state index contributed by atoms with van der Waals surface area (Å²) >= 11 is 1.73. The van der Waals surface area contributed by atoms with Gasteiger partial charge < -0.3 is 47.4 Å². The van der Waals surface area contributed by atoms with Gasteiger partial charge in [0.2, 0.25) is 0 Å². The summed E-state index contributed by atoms with van der Waals surface area (Å²) < 4.78 is 61.9. The molecule has 0 aliphatic carbocycles. The monoisotopic (exact) mass is 518 g/mol. The lowest BCUT2D eigenvalue weighted by atomic mass is 10.1. The Morgan fingerprint density at radius 1 is 0.486 bits per heavy atom. The van der Waals surface area contributed by atoms with Gasteiger partial charge in [-0.15, -0.1) is 11.8 Å². The lowest BCUT2D eigenvalue weighted by molar-refractivity contribution is -0.220. The molecule has 6 fully saturated rings. The molecule has 0 saturated carbocycles. The molecule has 10 atom stereocenters. The van der Waals surface area contributed by atoms with Gasteiger partial charge in [-0.25, -0.2) is 0 Å². The van der Waals surface area contributed by atoms with Crippen molar-refractivity contribution in [3.8, 4) is 0 Å². The van der Waals surface area contributed by atoms with Crippen molar-refractivity contribution in [2.45, 2.75) is 138 Å². The summed E-state index contributed by atoms with van der Waals surface area (Å²) in [5.74, 6) is -2.81. The Morgan fingerprint density at radius 3 is 1.23 bits per heavy atom. The van der Waals surface area contributed by atoms with Gasteiger partial charge in [0.15, 0.2) is 35.7 Å². The molecule has 11 heteroatoms. The van der Waals surface area contributed by atoms with Crippen LogP contribution in [0.5, 0.6) is 0 Å². The van der Waals surface area contributed by atoms with E-state index in [4.69, 9.17) is 47.4 Å². The lowest BCUT2D eigenvalue weighted by Gasteiger charge is -2.33. The van der Waals surface area contributed by atoms with Gasteiger partial charge in [0.1, 0.15) is 36.6 Å². The second-order valence-corrected chi connectivity index (χ2v) is 13.3. The Morgan fingerprint density at radius 2 is 0.886 bits per heavy atom. The second kappa shape index (κ2) is 8.22. The van der Waals surface area contributed by atoms with Crippen molar-refractivity contribution >= 4 is 11.8 Å². The summed E-state index contributed by atoms with van der Waals surface area (Å²) in [6, 6.07) is 0. The maximum atomic E-state index is 6.43. The predicted octanol–water partition coefficient (Wildman–Crippen LogP) is 2.51. The maximum Gasteiger partial charge on any atom is 0.188 e. The molecule has 6 saturated heterocycles. The smallest absolute Gasteiger partial charge is 0.188 e. The lowest BCUT2D eigenvalue weighted by Crippen LogP contribution is -2.46. The Kier molecular flexibility index (Phi) is 5.93. The van der Waals surface area contributed by atoms with Crippen LogP contribution in [0.3, 0.4) is 0 Å². The molecule has 10 nitrogen and oxygen atoms in total. The van der Waals surface area contributed by atoms with Gasteiger partial charge in [-0.3, -0.25) is 0 Å². The number of rotatable bonds is 4.